The van der Waals surface area contributed by atoms with E-state index in [9.17, 15) is 9.90 Å². The van der Waals surface area contributed by atoms with E-state index in [4.69, 9.17) is 14.9 Å². The van der Waals surface area contributed by atoms with Gasteiger partial charge in [0.15, 0.2) is 0 Å². The van der Waals surface area contributed by atoms with Crippen molar-refractivity contribution in [1.29, 1.82) is 5.41 Å². The molecule has 32 heavy (non-hydrogen) atoms. The maximum absolute atomic E-state index is 13.1. The number of fused-ring (bicyclic) bond motifs is 1. The number of anilines is 2. The fourth-order valence-electron chi connectivity index (χ4n) is 3.90. The molecular formula is C23H29N5O4. The molecule has 1 aromatic rings. The van der Waals surface area contributed by atoms with Crippen molar-refractivity contribution >= 4 is 29.7 Å². The van der Waals surface area contributed by atoms with Gasteiger partial charge in [-0.25, -0.2) is 4.99 Å². The third-order valence-electron chi connectivity index (χ3n) is 6.19. The molecule has 1 fully saturated rings. The van der Waals surface area contributed by atoms with E-state index in [2.05, 4.69) is 20.5 Å². The number of nitrogens with zero attached hydrogens (tertiary/aromatic N) is 2. The van der Waals surface area contributed by atoms with Gasteiger partial charge in [0.25, 0.3) is 5.91 Å². The minimum absolute atomic E-state index is 0.122. The number of carbonyl (C=O) groups is 1. The lowest BCUT2D eigenvalue weighted by molar-refractivity contribution is -0.112. The highest BCUT2D eigenvalue weighted by Gasteiger charge is 2.47. The maximum atomic E-state index is 13.1. The van der Waals surface area contributed by atoms with E-state index in [1.54, 1.807) is 32.3 Å². The smallest absolute Gasteiger partial charge is 0.261 e. The van der Waals surface area contributed by atoms with E-state index in [-0.39, 0.29) is 5.57 Å². The zero-order valence-electron chi connectivity index (χ0n) is 18.6. The number of rotatable bonds is 5. The second-order valence-electron chi connectivity index (χ2n) is 8.79. The third-order valence-corrected chi connectivity index (χ3v) is 6.19. The average Bonchev–Trinajstić information content (AvgIpc) is 3.11. The van der Waals surface area contributed by atoms with Crippen LogP contribution < -0.4 is 20.3 Å². The van der Waals surface area contributed by atoms with Gasteiger partial charge in [-0.15, -0.1) is 0 Å². The van der Waals surface area contributed by atoms with E-state index < -0.39 is 17.1 Å². The summed E-state index contributed by atoms with van der Waals surface area (Å²) in [6, 6.07) is 3.82. The van der Waals surface area contributed by atoms with Gasteiger partial charge in [0.1, 0.15) is 17.2 Å². The number of hydrogen-bond donors (Lipinski definition) is 4. The Kier molecular flexibility index (Phi) is 5.79. The first-order valence-corrected chi connectivity index (χ1v) is 10.6. The molecule has 0 radical (unpaired) electrons. The van der Waals surface area contributed by atoms with Gasteiger partial charge in [-0.1, -0.05) is 0 Å². The van der Waals surface area contributed by atoms with Crippen LogP contribution in [0.5, 0.6) is 5.75 Å². The summed E-state index contributed by atoms with van der Waals surface area (Å²) >= 11 is 0. The van der Waals surface area contributed by atoms with Gasteiger partial charge in [-0.2, -0.15) is 0 Å². The van der Waals surface area contributed by atoms with Crippen molar-refractivity contribution in [3.05, 3.63) is 41.4 Å². The molecule has 1 saturated heterocycles. The van der Waals surface area contributed by atoms with Crippen molar-refractivity contribution in [3.63, 3.8) is 0 Å². The number of nitrogens with one attached hydrogen (secondary N) is 3. The Bertz CT molecular complexity index is 1020. The number of morpholine rings is 1. The largest absolute Gasteiger partial charge is 0.484 e. The molecule has 170 valence electrons. The summed E-state index contributed by atoms with van der Waals surface area (Å²) in [5, 5.41) is 24.2. The highest BCUT2D eigenvalue weighted by Crippen LogP contribution is 2.45. The van der Waals surface area contributed by atoms with Crippen LogP contribution in [0.15, 0.2) is 40.8 Å². The molecule has 0 bridgehead atoms. The molecule has 4 rings (SSSR count). The van der Waals surface area contributed by atoms with Crippen LogP contribution in [0.25, 0.3) is 0 Å². The number of benzene rings is 1. The standard InChI is InChI=1S/C23H29N5O4/c1-22(2,30)23(3)13-15-11-17(18(12-19(15)32-23)28-7-9-31-10-8-28)27-21(29)16(14-24)20-25-5-4-6-26-20/h4-6,11-12,14,24-25,30H,7-10,13H2,1-3H3,(H,27,29)/b20-16-,24-14?/t23-/m1/s1. The Hall–Kier alpha value is -3.17. The lowest BCUT2D eigenvalue weighted by atomic mass is 9.84. The first-order valence-electron chi connectivity index (χ1n) is 10.6. The Labute approximate surface area is 187 Å². The van der Waals surface area contributed by atoms with Gasteiger partial charge in [0, 0.05) is 49.8 Å². The fraction of sp³-hybridized carbons (Fsp3) is 0.435. The summed E-state index contributed by atoms with van der Waals surface area (Å²) in [4.78, 5) is 19.4. The number of aliphatic imine (C=N–C) groups is 1. The first-order chi connectivity index (χ1) is 15.2. The number of hydrogen-bond acceptors (Lipinski definition) is 8. The third kappa shape index (κ3) is 4.13. The second-order valence-corrected chi connectivity index (χ2v) is 8.79. The van der Waals surface area contributed by atoms with Crippen LogP contribution in [0.2, 0.25) is 0 Å². The minimum atomic E-state index is -1.05. The molecule has 9 heteroatoms. The predicted molar refractivity (Wildman–Crippen MR) is 124 cm³/mol. The summed E-state index contributed by atoms with van der Waals surface area (Å²) in [7, 11) is 0. The van der Waals surface area contributed by atoms with E-state index in [1.165, 1.54) is 0 Å². The van der Waals surface area contributed by atoms with Crippen LogP contribution in [0.3, 0.4) is 0 Å². The summed E-state index contributed by atoms with van der Waals surface area (Å²) in [6.45, 7) is 7.90. The molecule has 3 aliphatic rings. The molecule has 0 unspecified atom stereocenters. The zero-order chi connectivity index (χ0) is 22.9. The molecule has 1 atom stereocenters. The molecule has 3 heterocycles. The van der Waals surface area contributed by atoms with Crippen molar-refractivity contribution in [2.24, 2.45) is 4.99 Å². The molecule has 1 aromatic carbocycles. The lowest BCUT2D eigenvalue weighted by Gasteiger charge is -2.36. The van der Waals surface area contributed by atoms with E-state index >= 15 is 0 Å². The molecule has 0 spiro atoms. The highest BCUT2D eigenvalue weighted by molar-refractivity contribution is 6.18. The molecule has 3 aliphatic heterocycles. The van der Waals surface area contributed by atoms with Gasteiger partial charge >= 0.3 is 0 Å². The summed E-state index contributed by atoms with van der Waals surface area (Å²) in [6.07, 6.45) is 6.42. The Balaban J connectivity index is 1.70. The molecular weight excluding hydrogens is 410 g/mol. The van der Waals surface area contributed by atoms with Crippen molar-refractivity contribution < 1.29 is 19.4 Å². The van der Waals surface area contributed by atoms with Gasteiger partial charge < -0.3 is 35.5 Å². The van der Waals surface area contributed by atoms with Crippen LogP contribution >= 0.6 is 0 Å². The molecule has 9 nitrogen and oxygen atoms in total. The van der Waals surface area contributed by atoms with E-state index in [1.807, 2.05) is 19.1 Å². The topological polar surface area (TPSA) is 119 Å². The van der Waals surface area contributed by atoms with Crippen LogP contribution in [0.4, 0.5) is 11.4 Å². The van der Waals surface area contributed by atoms with E-state index in [0.717, 1.165) is 17.5 Å². The van der Waals surface area contributed by atoms with Gasteiger partial charge in [-0.3, -0.25) is 4.79 Å². The molecule has 0 saturated carbocycles. The Morgan fingerprint density at radius 3 is 2.75 bits per heavy atom. The van der Waals surface area contributed by atoms with E-state index in [0.29, 0.717) is 50.0 Å². The Morgan fingerprint density at radius 1 is 1.38 bits per heavy atom. The SMILES string of the molecule is CC(C)(O)[C@@]1(C)Cc2cc(NC(=O)/C(C=N)=C3\N=CC=CN3)c(N3CCOCC3)cc2O1. The molecule has 0 aliphatic carbocycles. The summed E-state index contributed by atoms with van der Waals surface area (Å²) in [5.74, 6) is 0.573. The Morgan fingerprint density at radius 2 is 2.12 bits per heavy atom. The predicted octanol–water partition coefficient (Wildman–Crippen LogP) is 1.98. The van der Waals surface area contributed by atoms with Gasteiger partial charge in [0.2, 0.25) is 0 Å². The van der Waals surface area contributed by atoms with Crippen molar-refractivity contribution in [2.45, 2.75) is 38.4 Å². The molecule has 4 N–H and O–H groups in total. The lowest BCUT2D eigenvalue weighted by Crippen LogP contribution is -2.51. The van der Waals surface area contributed by atoms with Crippen molar-refractivity contribution in [1.82, 2.24) is 5.32 Å². The van der Waals surface area contributed by atoms with Gasteiger partial charge in [-0.05, 0) is 32.9 Å². The summed E-state index contributed by atoms with van der Waals surface area (Å²) in [5.41, 5.74) is 0.628. The number of allylic oxidation sites excluding steroid dienone is 1. The monoisotopic (exact) mass is 439 g/mol. The zero-order valence-corrected chi connectivity index (χ0v) is 18.6. The van der Waals surface area contributed by atoms with Crippen LogP contribution in [-0.4, -0.2) is 60.9 Å². The second kappa shape index (κ2) is 8.40. The number of carbonyl (C=O) groups excluding carboxylic acids is 1. The summed E-state index contributed by atoms with van der Waals surface area (Å²) < 4.78 is 11.7. The van der Waals surface area contributed by atoms with Crippen molar-refractivity contribution in [3.8, 4) is 5.75 Å². The number of amides is 1. The highest BCUT2D eigenvalue weighted by atomic mass is 16.5. The van der Waals surface area contributed by atoms with Gasteiger partial charge in [0.05, 0.1) is 35.8 Å². The normalized spacial score (nSPS) is 23.8. The quantitative estimate of drug-likeness (QED) is 0.411. The number of ether oxygens (including phenoxy) is 2. The van der Waals surface area contributed by atoms with Crippen molar-refractivity contribution in [2.75, 3.05) is 36.5 Å². The maximum Gasteiger partial charge on any atom is 0.261 e. The fourth-order valence-corrected chi connectivity index (χ4v) is 3.90. The van der Waals surface area contributed by atoms with Crippen LogP contribution in [0, 0.1) is 5.41 Å². The first kappa shape index (κ1) is 22.0. The minimum Gasteiger partial charge on any atom is -0.484 e. The number of aliphatic hydroxyl groups is 1. The molecule has 0 aromatic heterocycles. The molecule has 1 amide bonds. The van der Waals surface area contributed by atoms with Crippen LogP contribution in [-0.2, 0) is 16.0 Å². The van der Waals surface area contributed by atoms with Crippen LogP contribution in [0.1, 0.15) is 26.3 Å². The average molecular weight is 440 g/mol.